The third kappa shape index (κ3) is 4.09. The Balaban J connectivity index is 1.25. The highest BCUT2D eigenvalue weighted by Crippen LogP contribution is 2.53. The van der Waals surface area contributed by atoms with Crippen LogP contribution in [-0.4, -0.2) is 25.1 Å². The van der Waals surface area contributed by atoms with Crippen LogP contribution in [0.2, 0.25) is 0 Å². The molecule has 0 fully saturated rings. The summed E-state index contributed by atoms with van der Waals surface area (Å²) in [7, 11) is 0. The van der Waals surface area contributed by atoms with Crippen LogP contribution in [0.4, 0.5) is 11.4 Å². The predicted molar refractivity (Wildman–Crippen MR) is 208 cm³/mol. The molecule has 1 aliphatic heterocycles. The van der Waals surface area contributed by atoms with Crippen LogP contribution in [-0.2, 0) is 0 Å². The van der Waals surface area contributed by atoms with E-state index in [-0.39, 0.29) is 12.0 Å². The van der Waals surface area contributed by atoms with E-state index in [9.17, 15) is 0 Å². The lowest BCUT2D eigenvalue weighted by atomic mass is 9.93. The fourth-order valence-corrected chi connectivity index (χ4v) is 8.54. The van der Waals surface area contributed by atoms with E-state index in [0.29, 0.717) is 5.95 Å². The van der Waals surface area contributed by atoms with Gasteiger partial charge in [0, 0.05) is 44.2 Å². The van der Waals surface area contributed by atoms with Crippen molar-refractivity contribution >= 4 is 56.2 Å². The Labute approximate surface area is 294 Å². The number of rotatable bonds is 4. The van der Waals surface area contributed by atoms with Gasteiger partial charge in [0.2, 0.25) is 5.95 Å². The standard InChI is InChI=1S/C46H31N5/c1-4-16-30(17-5-1)43-34-23-10-13-25-38(34)47-46(48-43)51-39-26-14-11-22-33(39)36-28-42-37(29-41(36)51)45-44(50(42)32-20-8-3-9-21-32)35-24-12-15-27-40(35)49(45)31-18-6-2-7-19-31/h1-29,37,42H. The number of aromatic nitrogens is 4. The van der Waals surface area contributed by atoms with Crippen molar-refractivity contribution in [2.24, 2.45) is 0 Å². The highest BCUT2D eigenvalue weighted by atomic mass is 15.2. The van der Waals surface area contributed by atoms with Crippen molar-refractivity contribution in [2.45, 2.75) is 12.0 Å². The summed E-state index contributed by atoms with van der Waals surface area (Å²) in [6.45, 7) is 0. The Kier molecular flexibility index (Phi) is 6.01. The molecule has 1 aliphatic carbocycles. The normalized spacial score (nSPS) is 16.1. The third-order valence-corrected chi connectivity index (χ3v) is 10.6. The third-order valence-electron chi connectivity index (χ3n) is 10.6. The lowest BCUT2D eigenvalue weighted by Gasteiger charge is -2.29. The first kappa shape index (κ1) is 28.2. The van der Waals surface area contributed by atoms with Gasteiger partial charge in [-0.3, -0.25) is 4.57 Å². The summed E-state index contributed by atoms with van der Waals surface area (Å²) in [5, 5.41) is 5.82. The fraction of sp³-hybridized carbons (Fsp3) is 0.0435. The zero-order valence-electron chi connectivity index (χ0n) is 27.6. The molecule has 9 aromatic rings. The van der Waals surface area contributed by atoms with Gasteiger partial charge in [-0.2, -0.15) is 0 Å². The Hall–Kier alpha value is -6.72. The van der Waals surface area contributed by atoms with Crippen molar-refractivity contribution in [1.82, 2.24) is 19.1 Å². The second-order valence-electron chi connectivity index (χ2n) is 13.4. The van der Waals surface area contributed by atoms with E-state index in [1.165, 1.54) is 38.6 Å². The number of para-hydroxylation sites is 5. The van der Waals surface area contributed by atoms with Crippen molar-refractivity contribution in [2.75, 3.05) is 4.90 Å². The Morgan fingerprint density at radius 1 is 0.471 bits per heavy atom. The predicted octanol–water partition coefficient (Wildman–Crippen LogP) is 9.06. The quantitative estimate of drug-likeness (QED) is 0.190. The summed E-state index contributed by atoms with van der Waals surface area (Å²) in [4.78, 5) is 13.2. The zero-order valence-corrected chi connectivity index (χ0v) is 27.6. The Bertz CT molecular complexity index is 2930. The summed E-state index contributed by atoms with van der Waals surface area (Å²) in [6, 6.07) is 58.0. The number of benzene rings is 6. The molecule has 0 spiro atoms. The molecule has 4 heterocycles. The second kappa shape index (κ2) is 10.9. The van der Waals surface area contributed by atoms with Crippen molar-refractivity contribution < 1.29 is 0 Å². The number of hydrogen-bond acceptors (Lipinski definition) is 3. The van der Waals surface area contributed by atoms with E-state index in [1.54, 1.807) is 0 Å². The molecular formula is C46H31N5. The minimum atomic E-state index is 0.0532. The first-order valence-corrected chi connectivity index (χ1v) is 17.5. The first-order chi connectivity index (χ1) is 25.3. The molecule has 0 saturated carbocycles. The minimum absolute atomic E-state index is 0.0532. The van der Waals surface area contributed by atoms with Gasteiger partial charge in [0.25, 0.3) is 0 Å². The summed E-state index contributed by atoms with van der Waals surface area (Å²) >= 11 is 0. The highest BCUT2D eigenvalue weighted by molar-refractivity contribution is 6.03. The molecule has 3 aromatic heterocycles. The molecule has 240 valence electrons. The van der Waals surface area contributed by atoms with Gasteiger partial charge in [-0.25, -0.2) is 9.97 Å². The van der Waals surface area contributed by atoms with Gasteiger partial charge in [0.05, 0.1) is 45.0 Å². The van der Waals surface area contributed by atoms with E-state index in [0.717, 1.165) is 38.7 Å². The Morgan fingerprint density at radius 2 is 1.06 bits per heavy atom. The molecule has 2 unspecified atom stereocenters. The smallest absolute Gasteiger partial charge is 0.235 e. The molecule has 0 radical (unpaired) electrons. The van der Waals surface area contributed by atoms with Crippen molar-refractivity contribution in [3.8, 4) is 22.9 Å². The largest absolute Gasteiger partial charge is 0.331 e. The highest BCUT2D eigenvalue weighted by Gasteiger charge is 2.43. The van der Waals surface area contributed by atoms with Gasteiger partial charge in [0.1, 0.15) is 0 Å². The van der Waals surface area contributed by atoms with E-state index < -0.39 is 0 Å². The fourth-order valence-electron chi connectivity index (χ4n) is 8.54. The topological polar surface area (TPSA) is 38.9 Å². The Morgan fingerprint density at radius 3 is 1.80 bits per heavy atom. The number of anilines is 2. The zero-order chi connectivity index (χ0) is 33.5. The average Bonchev–Trinajstić information content (AvgIpc) is 3.83. The van der Waals surface area contributed by atoms with Crippen LogP contribution in [0, 0.1) is 0 Å². The molecular weight excluding hydrogens is 623 g/mol. The summed E-state index contributed by atoms with van der Waals surface area (Å²) in [5.74, 6) is 0.729. The van der Waals surface area contributed by atoms with Gasteiger partial charge < -0.3 is 9.47 Å². The molecule has 0 N–H and O–H groups in total. The van der Waals surface area contributed by atoms with Crippen LogP contribution in [0.5, 0.6) is 0 Å². The van der Waals surface area contributed by atoms with Crippen molar-refractivity contribution in [3.05, 3.63) is 180 Å². The maximum Gasteiger partial charge on any atom is 0.235 e. The van der Waals surface area contributed by atoms with Crippen molar-refractivity contribution in [3.63, 3.8) is 0 Å². The average molecular weight is 654 g/mol. The van der Waals surface area contributed by atoms with Gasteiger partial charge in [-0.05, 0) is 48.5 Å². The molecule has 6 aromatic carbocycles. The number of nitrogens with zero attached hydrogens (tertiary/aromatic N) is 5. The van der Waals surface area contributed by atoms with E-state index in [1.807, 2.05) is 6.07 Å². The maximum atomic E-state index is 5.37. The number of hydrogen-bond donors (Lipinski definition) is 0. The van der Waals surface area contributed by atoms with Crippen LogP contribution in [0.15, 0.2) is 164 Å². The lowest BCUT2D eigenvalue weighted by molar-refractivity contribution is 0.765. The van der Waals surface area contributed by atoms with Gasteiger partial charge in [0.15, 0.2) is 0 Å². The molecule has 0 amide bonds. The molecule has 5 heteroatoms. The van der Waals surface area contributed by atoms with Crippen molar-refractivity contribution in [1.29, 1.82) is 0 Å². The summed E-state index contributed by atoms with van der Waals surface area (Å²) < 4.78 is 4.77. The second-order valence-corrected chi connectivity index (χ2v) is 13.4. The molecule has 11 rings (SSSR count). The number of fused-ring (bicyclic) bond motifs is 9. The lowest BCUT2D eigenvalue weighted by Crippen LogP contribution is -2.40. The summed E-state index contributed by atoms with van der Waals surface area (Å²) in [6.07, 6.45) is 4.98. The van der Waals surface area contributed by atoms with E-state index >= 15 is 0 Å². The first-order valence-electron chi connectivity index (χ1n) is 17.5. The molecule has 2 atom stereocenters. The monoisotopic (exact) mass is 653 g/mol. The molecule has 0 bridgehead atoms. The van der Waals surface area contributed by atoms with Crippen LogP contribution in [0.1, 0.15) is 11.6 Å². The van der Waals surface area contributed by atoms with Crippen LogP contribution >= 0.6 is 0 Å². The van der Waals surface area contributed by atoms with E-state index in [2.05, 4.69) is 184 Å². The maximum absolute atomic E-state index is 5.37. The molecule has 51 heavy (non-hydrogen) atoms. The van der Waals surface area contributed by atoms with E-state index in [4.69, 9.17) is 9.97 Å². The van der Waals surface area contributed by atoms with Crippen LogP contribution in [0.3, 0.4) is 0 Å². The minimum Gasteiger partial charge on any atom is -0.331 e. The van der Waals surface area contributed by atoms with Gasteiger partial charge in [-0.1, -0.05) is 127 Å². The SMILES string of the molecule is C1=c2c(n(-c3nc(-c4ccccc4)c4ccccc4n3)c3ccccc23)=CC2c3c(c4ccccc4n3-c3ccccc3)N(c3ccccc3)C12. The molecule has 5 nitrogen and oxygen atoms in total. The van der Waals surface area contributed by atoms with Crippen LogP contribution < -0.4 is 15.5 Å². The molecule has 2 aliphatic rings. The van der Waals surface area contributed by atoms with Gasteiger partial charge >= 0.3 is 0 Å². The van der Waals surface area contributed by atoms with Crippen LogP contribution in [0.25, 0.3) is 67.8 Å². The summed E-state index contributed by atoms with van der Waals surface area (Å²) in [5.41, 5.74) is 10.1. The van der Waals surface area contributed by atoms with Gasteiger partial charge in [-0.15, -0.1) is 0 Å². The molecule has 0 saturated heterocycles.